The molecule has 0 spiro atoms. The van der Waals surface area contributed by atoms with Crippen molar-refractivity contribution in [2.45, 2.75) is 0 Å². The molecular formula is C12H11NO3S. The topological polar surface area (TPSA) is 40.5 Å². The van der Waals surface area contributed by atoms with Gasteiger partial charge in [-0.3, -0.25) is 4.79 Å². The molecule has 17 heavy (non-hydrogen) atoms. The average molecular weight is 249 g/mol. The molecule has 1 aliphatic rings. The Kier molecular flexibility index (Phi) is 2.40. The molecule has 0 N–H and O–H groups in total. The van der Waals surface area contributed by atoms with Crippen LogP contribution in [0.25, 0.3) is 11.3 Å². The molecule has 0 amide bonds. The summed E-state index contributed by atoms with van der Waals surface area (Å²) in [6, 6.07) is 5.73. The standard InChI is InChI=1S/C12H11NO3S/c1-13-9(7-17-12(13)14)8-2-3-10-11(6-8)16-5-4-15-10/h2-3,6-7H,4-5H2,1H3. The Hall–Kier alpha value is -1.75. The number of nitrogens with zero attached hydrogens (tertiary/aromatic N) is 1. The van der Waals surface area contributed by atoms with Gasteiger partial charge in [-0.25, -0.2) is 0 Å². The second-order valence-corrected chi connectivity index (χ2v) is 4.62. The molecule has 1 aliphatic heterocycles. The minimum Gasteiger partial charge on any atom is -0.486 e. The van der Waals surface area contributed by atoms with E-state index in [1.165, 1.54) is 11.3 Å². The van der Waals surface area contributed by atoms with Crippen LogP contribution in [0.2, 0.25) is 0 Å². The summed E-state index contributed by atoms with van der Waals surface area (Å²) in [6.07, 6.45) is 0. The van der Waals surface area contributed by atoms with Crippen LogP contribution in [-0.2, 0) is 7.05 Å². The maximum absolute atomic E-state index is 11.4. The van der Waals surface area contributed by atoms with E-state index in [1.54, 1.807) is 11.6 Å². The fourth-order valence-electron chi connectivity index (χ4n) is 1.83. The normalized spacial score (nSPS) is 13.7. The second-order valence-electron chi connectivity index (χ2n) is 3.80. The molecule has 0 fully saturated rings. The zero-order valence-electron chi connectivity index (χ0n) is 9.30. The smallest absolute Gasteiger partial charge is 0.307 e. The maximum atomic E-state index is 11.4. The quantitative estimate of drug-likeness (QED) is 0.775. The van der Waals surface area contributed by atoms with Gasteiger partial charge in [0.15, 0.2) is 11.5 Å². The number of hydrogen-bond donors (Lipinski definition) is 0. The molecule has 0 bridgehead atoms. The van der Waals surface area contributed by atoms with Gasteiger partial charge in [-0.15, -0.1) is 0 Å². The summed E-state index contributed by atoms with van der Waals surface area (Å²) in [5.41, 5.74) is 1.87. The minimum atomic E-state index is 0.0369. The zero-order chi connectivity index (χ0) is 11.8. The Morgan fingerprint density at radius 1 is 1.24 bits per heavy atom. The molecule has 0 aliphatic carbocycles. The van der Waals surface area contributed by atoms with Gasteiger partial charge < -0.3 is 14.0 Å². The first-order valence-electron chi connectivity index (χ1n) is 5.30. The molecule has 0 radical (unpaired) electrons. The summed E-state index contributed by atoms with van der Waals surface area (Å²) in [5.74, 6) is 1.51. The predicted octanol–water partition coefficient (Wildman–Crippen LogP) is 1.89. The number of hydrogen-bond acceptors (Lipinski definition) is 4. The van der Waals surface area contributed by atoms with Crippen molar-refractivity contribution in [2.75, 3.05) is 13.2 Å². The van der Waals surface area contributed by atoms with Crippen LogP contribution < -0.4 is 14.3 Å². The Morgan fingerprint density at radius 2 is 2.00 bits per heavy atom. The van der Waals surface area contributed by atoms with E-state index in [-0.39, 0.29) is 4.87 Å². The van der Waals surface area contributed by atoms with Crippen LogP contribution in [0.5, 0.6) is 11.5 Å². The van der Waals surface area contributed by atoms with E-state index < -0.39 is 0 Å². The summed E-state index contributed by atoms with van der Waals surface area (Å²) >= 11 is 1.20. The van der Waals surface area contributed by atoms with Crippen molar-refractivity contribution in [2.24, 2.45) is 7.05 Å². The van der Waals surface area contributed by atoms with E-state index in [1.807, 2.05) is 23.6 Å². The van der Waals surface area contributed by atoms with Crippen LogP contribution in [0.1, 0.15) is 0 Å². The largest absolute Gasteiger partial charge is 0.486 e. The summed E-state index contributed by atoms with van der Waals surface area (Å²) in [7, 11) is 1.77. The molecule has 0 saturated carbocycles. The molecule has 2 aromatic rings. The Morgan fingerprint density at radius 3 is 2.71 bits per heavy atom. The lowest BCUT2D eigenvalue weighted by atomic mass is 10.1. The van der Waals surface area contributed by atoms with Crippen LogP contribution in [0.15, 0.2) is 28.4 Å². The highest BCUT2D eigenvalue weighted by molar-refractivity contribution is 7.07. The number of thiazole rings is 1. The third-order valence-corrected chi connectivity index (χ3v) is 3.56. The maximum Gasteiger partial charge on any atom is 0.307 e. The lowest BCUT2D eigenvalue weighted by molar-refractivity contribution is 0.171. The van der Waals surface area contributed by atoms with Crippen molar-refractivity contribution < 1.29 is 9.47 Å². The van der Waals surface area contributed by atoms with Crippen molar-refractivity contribution in [1.82, 2.24) is 4.57 Å². The molecule has 2 heterocycles. The van der Waals surface area contributed by atoms with Crippen LogP contribution in [0, 0.1) is 0 Å². The van der Waals surface area contributed by atoms with Gasteiger partial charge in [0.05, 0.1) is 5.69 Å². The highest BCUT2D eigenvalue weighted by Crippen LogP contribution is 2.34. The fourth-order valence-corrected chi connectivity index (χ4v) is 2.59. The zero-order valence-corrected chi connectivity index (χ0v) is 10.1. The fraction of sp³-hybridized carbons (Fsp3) is 0.250. The van der Waals surface area contributed by atoms with Crippen molar-refractivity contribution >= 4 is 11.3 Å². The van der Waals surface area contributed by atoms with Crippen molar-refractivity contribution in [3.8, 4) is 22.8 Å². The number of ether oxygens (including phenoxy) is 2. The van der Waals surface area contributed by atoms with E-state index in [2.05, 4.69) is 0 Å². The average Bonchev–Trinajstić information content (AvgIpc) is 2.70. The lowest BCUT2D eigenvalue weighted by Crippen LogP contribution is -2.15. The van der Waals surface area contributed by atoms with E-state index in [4.69, 9.17) is 9.47 Å². The molecular weight excluding hydrogens is 238 g/mol. The Bertz CT molecular complexity index is 614. The first-order chi connectivity index (χ1) is 8.25. The first kappa shape index (κ1) is 10.4. The summed E-state index contributed by atoms with van der Waals surface area (Å²) in [6.45, 7) is 1.16. The van der Waals surface area contributed by atoms with Crippen molar-refractivity contribution in [3.05, 3.63) is 33.2 Å². The third-order valence-electron chi connectivity index (χ3n) is 2.74. The Balaban J connectivity index is 2.10. The van der Waals surface area contributed by atoms with Crippen LogP contribution in [0.3, 0.4) is 0 Å². The summed E-state index contributed by atoms with van der Waals surface area (Å²) < 4.78 is 12.6. The van der Waals surface area contributed by atoms with Gasteiger partial charge in [-0.2, -0.15) is 0 Å². The summed E-state index contributed by atoms with van der Waals surface area (Å²) in [4.78, 5) is 11.5. The van der Waals surface area contributed by atoms with Gasteiger partial charge in [-0.1, -0.05) is 11.3 Å². The van der Waals surface area contributed by atoms with Gasteiger partial charge in [0.1, 0.15) is 13.2 Å². The van der Waals surface area contributed by atoms with Gasteiger partial charge in [0, 0.05) is 18.0 Å². The van der Waals surface area contributed by atoms with Gasteiger partial charge in [-0.05, 0) is 18.2 Å². The molecule has 4 nitrogen and oxygen atoms in total. The predicted molar refractivity (Wildman–Crippen MR) is 66.0 cm³/mol. The molecule has 0 unspecified atom stereocenters. The molecule has 5 heteroatoms. The van der Waals surface area contributed by atoms with Crippen LogP contribution in [-0.4, -0.2) is 17.8 Å². The lowest BCUT2D eigenvalue weighted by Gasteiger charge is -2.18. The number of fused-ring (bicyclic) bond motifs is 1. The molecule has 0 atom stereocenters. The molecule has 1 aromatic heterocycles. The van der Waals surface area contributed by atoms with Crippen molar-refractivity contribution in [1.29, 1.82) is 0 Å². The van der Waals surface area contributed by atoms with Crippen LogP contribution >= 0.6 is 11.3 Å². The number of rotatable bonds is 1. The second kappa shape index (κ2) is 3.92. The molecule has 88 valence electrons. The van der Waals surface area contributed by atoms with Gasteiger partial charge in [0.2, 0.25) is 0 Å². The molecule has 1 aromatic carbocycles. The monoisotopic (exact) mass is 249 g/mol. The Labute approximate surface area is 102 Å². The highest BCUT2D eigenvalue weighted by atomic mass is 32.1. The number of benzene rings is 1. The highest BCUT2D eigenvalue weighted by Gasteiger charge is 2.14. The molecule has 0 saturated heterocycles. The molecule has 3 rings (SSSR count). The van der Waals surface area contributed by atoms with Crippen LogP contribution in [0.4, 0.5) is 0 Å². The third kappa shape index (κ3) is 1.72. The van der Waals surface area contributed by atoms with E-state index in [0.29, 0.717) is 13.2 Å². The SMILES string of the molecule is Cn1c(-c2ccc3c(c2)OCCO3)csc1=O. The first-order valence-corrected chi connectivity index (χ1v) is 6.18. The van der Waals surface area contributed by atoms with E-state index >= 15 is 0 Å². The van der Waals surface area contributed by atoms with E-state index in [9.17, 15) is 4.79 Å². The van der Waals surface area contributed by atoms with E-state index in [0.717, 1.165) is 22.8 Å². The van der Waals surface area contributed by atoms with Gasteiger partial charge in [0.25, 0.3) is 0 Å². The minimum absolute atomic E-state index is 0.0369. The number of aromatic nitrogens is 1. The van der Waals surface area contributed by atoms with Gasteiger partial charge >= 0.3 is 4.87 Å². The summed E-state index contributed by atoms with van der Waals surface area (Å²) in [5, 5.41) is 1.85. The van der Waals surface area contributed by atoms with Crippen molar-refractivity contribution in [3.63, 3.8) is 0 Å².